The first-order chi connectivity index (χ1) is 6.02. The fraction of sp³-hybridized carbons (Fsp3) is 0. The Hall–Kier alpha value is -1.18. The van der Waals surface area contributed by atoms with Crippen molar-refractivity contribution in [1.82, 2.24) is 0 Å². The van der Waals surface area contributed by atoms with E-state index in [2.05, 4.69) is 0 Å². The predicted molar refractivity (Wildman–Crippen MR) is 54.3 cm³/mol. The van der Waals surface area contributed by atoms with E-state index in [1.807, 2.05) is 22.6 Å². The molecule has 2 N–H and O–H groups in total. The Labute approximate surface area is 87.2 Å². The molecule has 6 heteroatoms. The molecule has 1 amide bonds. The highest BCUT2D eigenvalue weighted by Gasteiger charge is 2.12. The summed E-state index contributed by atoms with van der Waals surface area (Å²) in [6.07, 6.45) is 0. The number of hydrogen-bond acceptors (Lipinski definition) is 3. The summed E-state index contributed by atoms with van der Waals surface area (Å²) in [7, 11) is 0. The topological polar surface area (TPSA) is 86.2 Å². The maximum atomic E-state index is 10.8. The SMILES string of the molecule is NC(=O)c1cc([N+](=O)[O-])ccc1I. The number of rotatable bonds is 2. The van der Waals surface area contributed by atoms with E-state index in [4.69, 9.17) is 5.73 Å². The van der Waals surface area contributed by atoms with Crippen LogP contribution in [-0.4, -0.2) is 10.8 Å². The standard InChI is InChI=1S/C7H5IN2O3/c8-6-2-1-4(10(12)13)3-5(6)7(9)11/h1-3H,(H2,9,11). The Morgan fingerprint density at radius 1 is 1.54 bits per heavy atom. The number of non-ortho nitro benzene ring substituents is 1. The molecule has 0 aromatic heterocycles. The highest BCUT2D eigenvalue weighted by atomic mass is 127. The molecule has 68 valence electrons. The average molecular weight is 292 g/mol. The first kappa shape index (κ1) is 9.90. The molecule has 1 aromatic carbocycles. The zero-order chi connectivity index (χ0) is 10.0. The van der Waals surface area contributed by atoms with E-state index in [0.717, 1.165) is 0 Å². The third kappa shape index (κ3) is 2.14. The molecule has 13 heavy (non-hydrogen) atoms. The van der Waals surface area contributed by atoms with Crippen molar-refractivity contribution < 1.29 is 9.72 Å². The second kappa shape index (κ2) is 3.69. The molecule has 0 bridgehead atoms. The molecule has 0 radical (unpaired) electrons. The molecule has 0 aliphatic carbocycles. The van der Waals surface area contributed by atoms with Gasteiger partial charge in [-0.1, -0.05) is 0 Å². The molecule has 1 rings (SSSR count). The lowest BCUT2D eigenvalue weighted by molar-refractivity contribution is -0.384. The van der Waals surface area contributed by atoms with Gasteiger partial charge in [-0.15, -0.1) is 0 Å². The number of nitrogens with two attached hydrogens (primary N) is 1. The van der Waals surface area contributed by atoms with Gasteiger partial charge in [-0.3, -0.25) is 14.9 Å². The zero-order valence-corrected chi connectivity index (χ0v) is 8.52. The van der Waals surface area contributed by atoms with E-state index in [-0.39, 0.29) is 11.3 Å². The van der Waals surface area contributed by atoms with Gasteiger partial charge in [0.25, 0.3) is 5.69 Å². The minimum atomic E-state index is -0.659. The van der Waals surface area contributed by atoms with Crippen LogP contribution in [-0.2, 0) is 0 Å². The van der Waals surface area contributed by atoms with Crippen molar-refractivity contribution in [1.29, 1.82) is 0 Å². The van der Waals surface area contributed by atoms with Crippen LogP contribution in [0.4, 0.5) is 5.69 Å². The maximum absolute atomic E-state index is 10.8. The van der Waals surface area contributed by atoms with Crippen LogP contribution in [0.1, 0.15) is 10.4 Å². The van der Waals surface area contributed by atoms with Crippen molar-refractivity contribution >= 4 is 34.2 Å². The van der Waals surface area contributed by atoms with Crippen LogP contribution < -0.4 is 5.73 Å². The normalized spacial score (nSPS) is 9.62. The van der Waals surface area contributed by atoms with Gasteiger partial charge in [-0.2, -0.15) is 0 Å². The van der Waals surface area contributed by atoms with E-state index >= 15 is 0 Å². The first-order valence-corrected chi connectivity index (χ1v) is 4.34. The highest BCUT2D eigenvalue weighted by molar-refractivity contribution is 14.1. The quantitative estimate of drug-likeness (QED) is 0.506. The number of nitrogens with zero attached hydrogens (tertiary/aromatic N) is 1. The first-order valence-electron chi connectivity index (χ1n) is 3.26. The van der Waals surface area contributed by atoms with Gasteiger partial charge < -0.3 is 5.73 Å². The van der Waals surface area contributed by atoms with E-state index in [1.54, 1.807) is 0 Å². The zero-order valence-electron chi connectivity index (χ0n) is 6.36. The van der Waals surface area contributed by atoms with Crippen molar-refractivity contribution in [2.45, 2.75) is 0 Å². The number of carbonyl (C=O) groups is 1. The van der Waals surface area contributed by atoms with Crippen LogP contribution >= 0.6 is 22.6 Å². The maximum Gasteiger partial charge on any atom is 0.270 e. The number of carbonyl (C=O) groups excluding carboxylic acids is 1. The third-order valence-electron chi connectivity index (χ3n) is 1.43. The van der Waals surface area contributed by atoms with Gasteiger partial charge in [0.05, 0.1) is 10.5 Å². The van der Waals surface area contributed by atoms with Gasteiger partial charge in [-0.25, -0.2) is 0 Å². The molecular weight excluding hydrogens is 287 g/mol. The summed E-state index contributed by atoms with van der Waals surface area (Å²) in [6.45, 7) is 0. The molecule has 0 heterocycles. The van der Waals surface area contributed by atoms with Crippen molar-refractivity contribution in [3.05, 3.63) is 37.4 Å². The molecule has 0 saturated carbocycles. The molecule has 5 nitrogen and oxygen atoms in total. The van der Waals surface area contributed by atoms with Gasteiger partial charge in [0, 0.05) is 15.7 Å². The van der Waals surface area contributed by atoms with Gasteiger partial charge in [-0.05, 0) is 28.7 Å². The lowest BCUT2D eigenvalue weighted by Gasteiger charge is -1.98. The minimum Gasteiger partial charge on any atom is -0.366 e. The lowest BCUT2D eigenvalue weighted by atomic mass is 10.2. The summed E-state index contributed by atoms with van der Waals surface area (Å²) in [5, 5.41) is 10.3. The average Bonchev–Trinajstić information content (AvgIpc) is 2.04. The summed E-state index contributed by atoms with van der Waals surface area (Å²) in [6, 6.07) is 3.98. The van der Waals surface area contributed by atoms with Crippen LogP contribution in [0, 0.1) is 13.7 Å². The lowest BCUT2D eigenvalue weighted by Crippen LogP contribution is -2.12. The number of benzene rings is 1. The molecule has 0 fully saturated rings. The molecule has 0 aliphatic rings. The summed E-state index contributed by atoms with van der Waals surface area (Å²) < 4.78 is 0.607. The van der Waals surface area contributed by atoms with Crippen molar-refractivity contribution in [3.8, 4) is 0 Å². The fourth-order valence-electron chi connectivity index (χ4n) is 0.816. The van der Waals surface area contributed by atoms with Crippen LogP contribution in [0.3, 0.4) is 0 Å². The smallest absolute Gasteiger partial charge is 0.270 e. The summed E-state index contributed by atoms with van der Waals surface area (Å²) in [5.74, 6) is -0.659. The third-order valence-corrected chi connectivity index (χ3v) is 2.37. The number of nitro groups is 1. The van der Waals surface area contributed by atoms with Crippen LogP contribution in [0.5, 0.6) is 0 Å². The van der Waals surface area contributed by atoms with Gasteiger partial charge >= 0.3 is 0 Å². The molecule has 1 aromatic rings. The Balaban J connectivity index is 3.27. The number of primary amides is 1. The molecule has 0 aliphatic heterocycles. The van der Waals surface area contributed by atoms with E-state index in [1.165, 1.54) is 18.2 Å². The number of nitro benzene ring substituents is 1. The summed E-state index contributed by atoms with van der Waals surface area (Å²) in [5.41, 5.74) is 5.06. The largest absolute Gasteiger partial charge is 0.366 e. The molecular formula is C7H5IN2O3. The molecule has 0 spiro atoms. The van der Waals surface area contributed by atoms with E-state index in [9.17, 15) is 14.9 Å². The van der Waals surface area contributed by atoms with Gasteiger partial charge in [0.2, 0.25) is 5.91 Å². The second-order valence-electron chi connectivity index (χ2n) is 2.29. The molecule has 0 unspecified atom stereocenters. The monoisotopic (exact) mass is 292 g/mol. The highest BCUT2D eigenvalue weighted by Crippen LogP contribution is 2.18. The van der Waals surface area contributed by atoms with Gasteiger partial charge in [0.1, 0.15) is 0 Å². The Kier molecular flexibility index (Phi) is 2.81. The fourth-order valence-corrected chi connectivity index (χ4v) is 1.42. The van der Waals surface area contributed by atoms with Crippen LogP contribution in [0.2, 0.25) is 0 Å². The van der Waals surface area contributed by atoms with Crippen LogP contribution in [0.15, 0.2) is 18.2 Å². The van der Waals surface area contributed by atoms with Crippen molar-refractivity contribution in [2.75, 3.05) is 0 Å². The van der Waals surface area contributed by atoms with Crippen molar-refractivity contribution in [2.24, 2.45) is 5.73 Å². The van der Waals surface area contributed by atoms with E-state index in [0.29, 0.717) is 3.57 Å². The summed E-state index contributed by atoms with van der Waals surface area (Å²) >= 11 is 1.89. The van der Waals surface area contributed by atoms with Crippen molar-refractivity contribution in [3.63, 3.8) is 0 Å². The van der Waals surface area contributed by atoms with Gasteiger partial charge in [0.15, 0.2) is 0 Å². The van der Waals surface area contributed by atoms with E-state index < -0.39 is 10.8 Å². The second-order valence-corrected chi connectivity index (χ2v) is 3.45. The number of amides is 1. The molecule has 0 saturated heterocycles. The molecule has 0 atom stereocenters. The number of hydrogen-bond donors (Lipinski definition) is 1. The Morgan fingerprint density at radius 2 is 2.15 bits per heavy atom. The summed E-state index contributed by atoms with van der Waals surface area (Å²) in [4.78, 5) is 20.6. The Bertz CT molecular complexity index is 378. The minimum absolute atomic E-state index is 0.130. The predicted octanol–water partition coefficient (Wildman–Crippen LogP) is 1.30. The van der Waals surface area contributed by atoms with Crippen LogP contribution in [0.25, 0.3) is 0 Å². The Morgan fingerprint density at radius 3 is 2.62 bits per heavy atom. The number of halogens is 1.